The van der Waals surface area contributed by atoms with Crippen molar-refractivity contribution in [3.63, 3.8) is 0 Å². The van der Waals surface area contributed by atoms with Gasteiger partial charge in [-0.15, -0.1) is 0 Å². The Hall–Kier alpha value is -1.82. The van der Waals surface area contributed by atoms with Crippen LogP contribution >= 0.6 is 0 Å². The number of esters is 2. The Morgan fingerprint density at radius 1 is 1.55 bits per heavy atom. The molecule has 0 aromatic heterocycles. The molecule has 6 nitrogen and oxygen atoms in total. The van der Waals surface area contributed by atoms with E-state index < -0.39 is 23.1 Å². The van der Waals surface area contributed by atoms with E-state index >= 15 is 0 Å². The molecule has 0 aromatic rings. The molecule has 6 heteroatoms. The maximum absolute atomic E-state index is 12.1. The molecule has 1 spiro atoms. The van der Waals surface area contributed by atoms with E-state index in [1.165, 1.54) is 0 Å². The zero-order chi connectivity index (χ0) is 16.5. The zero-order valence-corrected chi connectivity index (χ0v) is 13.1. The third kappa shape index (κ3) is 2.52. The van der Waals surface area contributed by atoms with Crippen molar-refractivity contribution in [2.24, 2.45) is 11.8 Å². The molecule has 1 unspecified atom stereocenters. The molecule has 3 atom stereocenters. The summed E-state index contributed by atoms with van der Waals surface area (Å²) in [5, 5.41) is 19.8. The van der Waals surface area contributed by atoms with Crippen LogP contribution in [0.25, 0.3) is 0 Å². The van der Waals surface area contributed by atoms with E-state index in [0.717, 1.165) is 5.57 Å². The number of carbonyl (C=O) groups is 2. The molecule has 122 valence electrons. The van der Waals surface area contributed by atoms with Crippen LogP contribution in [0.4, 0.5) is 0 Å². The molecular weight excluding hydrogens is 288 g/mol. The van der Waals surface area contributed by atoms with Crippen LogP contribution in [0.5, 0.6) is 0 Å². The van der Waals surface area contributed by atoms with E-state index in [4.69, 9.17) is 9.47 Å². The molecule has 1 aliphatic carbocycles. The summed E-state index contributed by atoms with van der Waals surface area (Å²) in [7, 11) is 0. The highest BCUT2D eigenvalue weighted by Crippen LogP contribution is 2.48. The maximum Gasteiger partial charge on any atom is 0.350 e. The fourth-order valence-electron chi connectivity index (χ4n) is 3.18. The molecular formula is C16H22O6. The lowest BCUT2D eigenvalue weighted by molar-refractivity contribution is -0.156. The Balaban J connectivity index is 2.48. The Kier molecular flexibility index (Phi) is 4.60. The summed E-state index contributed by atoms with van der Waals surface area (Å²) >= 11 is 0. The van der Waals surface area contributed by atoms with Gasteiger partial charge in [0.2, 0.25) is 0 Å². The Bertz CT molecular complexity index is 547. The first-order valence-electron chi connectivity index (χ1n) is 7.50. The van der Waals surface area contributed by atoms with Gasteiger partial charge >= 0.3 is 11.9 Å². The van der Waals surface area contributed by atoms with E-state index in [1.54, 1.807) is 6.92 Å². The highest BCUT2D eigenvalue weighted by Gasteiger charge is 2.56. The Morgan fingerprint density at radius 3 is 2.82 bits per heavy atom. The average Bonchev–Trinajstić information content (AvgIpc) is 2.68. The van der Waals surface area contributed by atoms with Crippen LogP contribution < -0.4 is 0 Å². The van der Waals surface area contributed by atoms with Crippen molar-refractivity contribution < 1.29 is 29.3 Å². The minimum atomic E-state index is -1.28. The molecule has 0 saturated carbocycles. The standard InChI is InChI=1S/C16H22O6/c1-4-21-14(19)12-13(18)16(22-15(12)20)8-10(3)9(2)7-11(16)5-6-17/h7,10-11,17-18H,4-6,8H2,1-3H3/t10-,11-,16?/m1/s1. The second kappa shape index (κ2) is 6.12. The first-order chi connectivity index (χ1) is 10.4. The van der Waals surface area contributed by atoms with Crippen LogP contribution in [-0.2, 0) is 19.1 Å². The summed E-state index contributed by atoms with van der Waals surface area (Å²) in [4.78, 5) is 24.0. The minimum Gasteiger partial charge on any atom is -0.507 e. The van der Waals surface area contributed by atoms with E-state index in [1.807, 2.05) is 19.9 Å². The lowest BCUT2D eigenvalue weighted by Gasteiger charge is -2.40. The third-order valence-corrected chi connectivity index (χ3v) is 4.49. The highest BCUT2D eigenvalue weighted by atomic mass is 16.6. The summed E-state index contributed by atoms with van der Waals surface area (Å²) in [6.45, 7) is 5.54. The molecule has 0 aromatic carbocycles. The molecule has 1 heterocycles. The van der Waals surface area contributed by atoms with E-state index in [-0.39, 0.29) is 30.8 Å². The van der Waals surface area contributed by atoms with Gasteiger partial charge < -0.3 is 19.7 Å². The van der Waals surface area contributed by atoms with Crippen molar-refractivity contribution in [3.05, 3.63) is 23.0 Å². The predicted molar refractivity (Wildman–Crippen MR) is 77.8 cm³/mol. The Morgan fingerprint density at radius 2 is 2.23 bits per heavy atom. The lowest BCUT2D eigenvalue weighted by Crippen LogP contribution is -2.44. The van der Waals surface area contributed by atoms with Crippen molar-refractivity contribution in [2.75, 3.05) is 13.2 Å². The quantitative estimate of drug-likeness (QED) is 0.466. The molecule has 0 saturated heterocycles. The van der Waals surface area contributed by atoms with Gasteiger partial charge in [-0.1, -0.05) is 18.6 Å². The number of aliphatic hydroxyl groups is 2. The van der Waals surface area contributed by atoms with Crippen molar-refractivity contribution in [2.45, 2.75) is 39.2 Å². The minimum absolute atomic E-state index is 0.0893. The first-order valence-corrected chi connectivity index (χ1v) is 7.50. The third-order valence-electron chi connectivity index (χ3n) is 4.49. The van der Waals surface area contributed by atoms with Crippen molar-refractivity contribution >= 4 is 11.9 Å². The van der Waals surface area contributed by atoms with E-state index in [9.17, 15) is 19.8 Å². The highest BCUT2D eigenvalue weighted by molar-refractivity contribution is 6.16. The van der Waals surface area contributed by atoms with Gasteiger partial charge in [-0.05, 0) is 26.2 Å². The van der Waals surface area contributed by atoms with Crippen molar-refractivity contribution in [3.8, 4) is 0 Å². The molecule has 2 N–H and O–H groups in total. The summed E-state index contributed by atoms with van der Waals surface area (Å²) in [5.74, 6) is -2.39. The van der Waals surface area contributed by atoms with Crippen LogP contribution in [0.3, 0.4) is 0 Å². The number of hydrogen-bond donors (Lipinski definition) is 2. The van der Waals surface area contributed by atoms with Crippen molar-refractivity contribution in [1.82, 2.24) is 0 Å². The summed E-state index contributed by atoms with van der Waals surface area (Å²) in [6, 6.07) is 0. The Labute approximate surface area is 129 Å². The first kappa shape index (κ1) is 16.5. The normalized spacial score (nSPS) is 31.3. The van der Waals surface area contributed by atoms with Gasteiger partial charge in [0.15, 0.2) is 16.9 Å². The zero-order valence-electron chi connectivity index (χ0n) is 13.1. The summed E-state index contributed by atoms with van der Waals surface area (Å²) in [5.41, 5.74) is -0.594. The molecule has 0 fully saturated rings. The van der Waals surface area contributed by atoms with Crippen LogP contribution in [0.1, 0.15) is 33.6 Å². The van der Waals surface area contributed by atoms with Crippen molar-refractivity contribution in [1.29, 1.82) is 0 Å². The van der Waals surface area contributed by atoms with Gasteiger partial charge in [0, 0.05) is 18.9 Å². The predicted octanol–water partition coefficient (Wildman–Crippen LogP) is 1.64. The average molecular weight is 310 g/mol. The van der Waals surface area contributed by atoms with Gasteiger partial charge in [-0.25, -0.2) is 9.59 Å². The topological polar surface area (TPSA) is 93.1 Å². The SMILES string of the molecule is CCOC(=O)C1=C(O)C2(C[C@@H](C)C(C)=C[C@H]2CCO)OC1=O. The molecule has 0 amide bonds. The number of ether oxygens (including phenoxy) is 2. The van der Waals surface area contributed by atoms with Gasteiger partial charge in [0.25, 0.3) is 0 Å². The molecule has 2 aliphatic rings. The van der Waals surface area contributed by atoms with Crippen LogP contribution in [0, 0.1) is 11.8 Å². The monoisotopic (exact) mass is 310 g/mol. The van der Waals surface area contributed by atoms with Gasteiger partial charge in [0.1, 0.15) is 0 Å². The van der Waals surface area contributed by atoms with E-state index in [0.29, 0.717) is 12.8 Å². The number of allylic oxidation sites excluding steroid dienone is 1. The number of hydrogen-bond acceptors (Lipinski definition) is 6. The molecule has 22 heavy (non-hydrogen) atoms. The summed E-state index contributed by atoms with van der Waals surface area (Å²) < 4.78 is 10.3. The van der Waals surface area contributed by atoms with Crippen LogP contribution in [-0.4, -0.2) is 41.0 Å². The smallest absolute Gasteiger partial charge is 0.350 e. The number of rotatable bonds is 4. The molecule has 0 bridgehead atoms. The fraction of sp³-hybridized carbons (Fsp3) is 0.625. The maximum atomic E-state index is 12.1. The second-order valence-corrected chi connectivity index (χ2v) is 5.86. The second-order valence-electron chi connectivity index (χ2n) is 5.86. The summed E-state index contributed by atoms with van der Waals surface area (Å²) in [6.07, 6.45) is 2.61. The number of carbonyl (C=O) groups excluding carboxylic acids is 2. The lowest BCUT2D eigenvalue weighted by atomic mass is 9.70. The molecule has 2 rings (SSSR count). The largest absolute Gasteiger partial charge is 0.507 e. The fourth-order valence-corrected chi connectivity index (χ4v) is 3.18. The van der Waals surface area contributed by atoms with Gasteiger partial charge in [-0.2, -0.15) is 0 Å². The van der Waals surface area contributed by atoms with E-state index in [2.05, 4.69) is 0 Å². The number of aliphatic hydroxyl groups excluding tert-OH is 2. The van der Waals surface area contributed by atoms with Gasteiger partial charge in [-0.3, -0.25) is 0 Å². The van der Waals surface area contributed by atoms with Gasteiger partial charge in [0.05, 0.1) is 6.61 Å². The molecule has 1 aliphatic heterocycles. The van der Waals surface area contributed by atoms with Crippen LogP contribution in [0.15, 0.2) is 23.0 Å². The van der Waals surface area contributed by atoms with Crippen LogP contribution in [0.2, 0.25) is 0 Å². The molecule has 0 radical (unpaired) electrons.